The Morgan fingerprint density at radius 3 is 1.42 bits per heavy atom. The molecular weight excluding hydrogens is 248 g/mol. The number of carbonyl (C=O) groups excluding carboxylic acids is 2. The zero-order valence-electron chi connectivity index (χ0n) is 11.5. The highest BCUT2D eigenvalue weighted by molar-refractivity contribution is 5.81. The number of nitrogens with one attached hydrogen (secondary N) is 2. The van der Waals surface area contributed by atoms with Gasteiger partial charge in [-0.1, -0.05) is 19.3 Å². The number of hydrazine groups is 1. The molecule has 0 aromatic carbocycles. The van der Waals surface area contributed by atoms with Crippen molar-refractivity contribution in [2.45, 2.75) is 57.8 Å². The molecule has 6 nitrogen and oxygen atoms in total. The Bertz CT molecular complexity index is 247. The van der Waals surface area contributed by atoms with Crippen molar-refractivity contribution < 1.29 is 19.8 Å². The van der Waals surface area contributed by atoms with Crippen LogP contribution in [0, 0.1) is 0 Å². The zero-order valence-corrected chi connectivity index (χ0v) is 11.5. The van der Waals surface area contributed by atoms with E-state index >= 15 is 0 Å². The first-order valence-corrected chi connectivity index (χ1v) is 7.00. The molecule has 6 heteroatoms. The molecule has 19 heavy (non-hydrogen) atoms. The molecule has 0 atom stereocenters. The van der Waals surface area contributed by atoms with E-state index in [1.165, 1.54) is 0 Å². The van der Waals surface area contributed by atoms with Crippen LogP contribution in [0.1, 0.15) is 57.8 Å². The van der Waals surface area contributed by atoms with E-state index < -0.39 is 0 Å². The summed E-state index contributed by atoms with van der Waals surface area (Å²) in [5.74, 6) is -0.390. The van der Waals surface area contributed by atoms with Gasteiger partial charge in [0.1, 0.15) is 0 Å². The largest absolute Gasteiger partial charge is 0.396 e. The molecular formula is C13H26N2O4. The van der Waals surface area contributed by atoms with Crippen molar-refractivity contribution in [3.8, 4) is 0 Å². The number of hydrogen-bond donors (Lipinski definition) is 4. The number of aliphatic hydroxyl groups excluding tert-OH is 2. The van der Waals surface area contributed by atoms with Gasteiger partial charge >= 0.3 is 0 Å². The lowest BCUT2D eigenvalue weighted by Crippen LogP contribution is -2.41. The van der Waals surface area contributed by atoms with E-state index in [2.05, 4.69) is 10.9 Å². The molecule has 0 rings (SSSR count). The summed E-state index contributed by atoms with van der Waals surface area (Å²) in [6, 6.07) is 0. The van der Waals surface area contributed by atoms with Gasteiger partial charge in [0.15, 0.2) is 0 Å². The molecule has 0 aliphatic heterocycles. The number of carbonyl (C=O) groups is 2. The van der Waals surface area contributed by atoms with Gasteiger partial charge < -0.3 is 10.2 Å². The average molecular weight is 274 g/mol. The van der Waals surface area contributed by atoms with Crippen LogP contribution in [0.2, 0.25) is 0 Å². The summed E-state index contributed by atoms with van der Waals surface area (Å²) in [7, 11) is 0. The maximum absolute atomic E-state index is 11.3. The van der Waals surface area contributed by atoms with Crippen molar-refractivity contribution in [3.05, 3.63) is 0 Å². The maximum Gasteiger partial charge on any atom is 0.238 e. The average Bonchev–Trinajstić information content (AvgIpc) is 2.41. The van der Waals surface area contributed by atoms with E-state index in [1.807, 2.05) is 0 Å². The molecule has 4 N–H and O–H groups in total. The second kappa shape index (κ2) is 13.3. The number of unbranched alkanes of at least 4 members (excludes halogenated alkanes) is 5. The lowest BCUT2D eigenvalue weighted by Gasteiger charge is -2.07. The van der Waals surface area contributed by atoms with E-state index in [4.69, 9.17) is 10.2 Å². The van der Waals surface area contributed by atoms with E-state index in [9.17, 15) is 9.59 Å². The van der Waals surface area contributed by atoms with Gasteiger partial charge in [0.2, 0.25) is 11.8 Å². The van der Waals surface area contributed by atoms with E-state index in [0.717, 1.165) is 32.1 Å². The van der Waals surface area contributed by atoms with Gasteiger partial charge in [-0.2, -0.15) is 0 Å². The zero-order chi connectivity index (χ0) is 14.3. The van der Waals surface area contributed by atoms with Gasteiger partial charge in [-0.15, -0.1) is 0 Å². The van der Waals surface area contributed by atoms with Crippen LogP contribution in [0.3, 0.4) is 0 Å². The van der Waals surface area contributed by atoms with Crippen molar-refractivity contribution in [2.24, 2.45) is 0 Å². The fourth-order valence-electron chi connectivity index (χ4n) is 1.59. The van der Waals surface area contributed by atoms with Crippen LogP contribution in [0.4, 0.5) is 0 Å². The minimum atomic E-state index is -0.202. The maximum atomic E-state index is 11.3. The summed E-state index contributed by atoms with van der Waals surface area (Å²) in [4.78, 5) is 22.7. The Morgan fingerprint density at radius 2 is 1.00 bits per heavy atom. The van der Waals surface area contributed by atoms with Gasteiger partial charge in [0, 0.05) is 26.1 Å². The van der Waals surface area contributed by atoms with E-state index in [0.29, 0.717) is 25.7 Å². The first-order chi connectivity index (χ1) is 9.20. The lowest BCUT2D eigenvalue weighted by molar-refractivity contribution is -0.129. The summed E-state index contributed by atoms with van der Waals surface area (Å²) in [6.45, 7) is 0.340. The number of aliphatic hydroxyl groups is 2. The predicted molar refractivity (Wildman–Crippen MR) is 72.0 cm³/mol. The third kappa shape index (κ3) is 13.1. The molecule has 0 saturated heterocycles. The van der Waals surface area contributed by atoms with E-state index in [-0.39, 0.29) is 25.0 Å². The van der Waals surface area contributed by atoms with Crippen LogP contribution < -0.4 is 10.9 Å². The van der Waals surface area contributed by atoms with Crippen LogP contribution >= 0.6 is 0 Å². The molecule has 2 amide bonds. The van der Waals surface area contributed by atoms with Crippen LogP contribution in [0.5, 0.6) is 0 Å². The quantitative estimate of drug-likeness (QED) is 0.328. The van der Waals surface area contributed by atoms with Crippen molar-refractivity contribution in [1.82, 2.24) is 10.9 Å². The normalized spacial score (nSPS) is 10.2. The Balaban J connectivity index is 3.38. The van der Waals surface area contributed by atoms with Crippen molar-refractivity contribution in [2.75, 3.05) is 13.2 Å². The number of rotatable bonds is 11. The minimum Gasteiger partial charge on any atom is -0.396 e. The predicted octanol–water partition coefficient (Wildman–Crippen LogP) is 0.629. The third-order valence-corrected chi connectivity index (χ3v) is 2.72. The first-order valence-electron chi connectivity index (χ1n) is 7.00. The lowest BCUT2D eigenvalue weighted by atomic mass is 10.1. The molecule has 112 valence electrons. The Morgan fingerprint density at radius 1 is 0.632 bits per heavy atom. The second-order valence-electron chi connectivity index (χ2n) is 4.52. The Hall–Kier alpha value is -1.14. The molecule has 0 heterocycles. The smallest absolute Gasteiger partial charge is 0.238 e. The van der Waals surface area contributed by atoms with Crippen LogP contribution in [-0.4, -0.2) is 35.2 Å². The van der Waals surface area contributed by atoms with Crippen LogP contribution in [-0.2, 0) is 9.59 Å². The second-order valence-corrected chi connectivity index (χ2v) is 4.52. The van der Waals surface area contributed by atoms with Crippen LogP contribution in [0.25, 0.3) is 0 Å². The van der Waals surface area contributed by atoms with Gasteiger partial charge in [-0.05, 0) is 25.7 Å². The van der Waals surface area contributed by atoms with Crippen molar-refractivity contribution in [1.29, 1.82) is 0 Å². The molecule has 0 spiro atoms. The molecule has 0 fully saturated rings. The monoisotopic (exact) mass is 274 g/mol. The Kier molecular flexibility index (Phi) is 12.5. The highest BCUT2D eigenvalue weighted by Crippen LogP contribution is 2.02. The van der Waals surface area contributed by atoms with Gasteiger partial charge in [-0.3, -0.25) is 20.4 Å². The topological polar surface area (TPSA) is 98.7 Å². The molecule has 0 unspecified atom stereocenters. The molecule has 0 saturated carbocycles. The number of amides is 2. The fraction of sp³-hybridized carbons (Fsp3) is 0.846. The van der Waals surface area contributed by atoms with Gasteiger partial charge in [0.25, 0.3) is 0 Å². The molecule has 0 aromatic rings. The Labute approximate surface area is 114 Å². The standard InChI is InChI=1S/C13H26N2O4/c16-10-6-2-1-4-8-12(18)14-15-13(19)9-5-3-7-11-17/h16-17H,1-11H2,(H,14,18)(H,15,19). The van der Waals surface area contributed by atoms with E-state index in [1.54, 1.807) is 0 Å². The molecule has 0 aromatic heterocycles. The molecule has 0 bridgehead atoms. The van der Waals surface area contributed by atoms with Crippen molar-refractivity contribution in [3.63, 3.8) is 0 Å². The molecule has 0 aliphatic rings. The summed E-state index contributed by atoms with van der Waals surface area (Å²) in [5, 5.41) is 17.2. The van der Waals surface area contributed by atoms with Gasteiger partial charge in [-0.25, -0.2) is 0 Å². The molecule has 0 aliphatic carbocycles. The third-order valence-electron chi connectivity index (χ3n) is 2.72. The fourth-order valence-corrected chi connectivity index (χ4v) is 1.59. The summed E-state index contributed by atoms with van der Waals surface area (Å²) in [6.07, 6.45) is 6.32. The first kappa shape index (κ1) is 17.9. The molecule has 0 radical (unpaired) electrons. The van der Waals surface area contributed by atoms with Crippen molar-refractivity contribution >= 4 is 11.8 Å². The minimum absolute atomic E-state index is 0.147. The summed E-state index contributed by atoms with van der Waals surface area (Å²) in [5.41, 5.74) is 4.75. The number of hydrogen-bond acceptors (Lipinski definition) is 4. The highest BCUT2D eigenvalue weighted by atomic mass is 16.3. The van der Waals surface area contributed by atoms with Gasteiger partial charge in [0.05, 0.1) is 0 Å². The SMILES string of the molecule is O=C(CCCCCO)NNC(=O)CCCCCCO. The van der Waals surface area contributed by atoms with Crippen LogP contribution in [0.15, 0.2) is 0 Å². The highest BCUT2D eigenvalue weighted by Gasteiger charge is 2.04. The summed E-state index contributed by atoms with van der Waals surface area (Å²) >= 11 is 0. The summed E-state index contributed by atoms with van der Waals surface area (Å²) < 4.78 is 0.